The molecular formula is C33H23FN2O5S. The lowest BCUT2D eigenvalue weighted by Gasteiger charge is -2.23. The molecule has 1 saturated heterocycles. The van der Waals surface area contributed by atoms with E-state index in [-0.39, 0.29) is 22.6 Å². The summed E-state index contributed by atoms with van der Waals surface area (Å²) >= 11 is 1.10. The fourth-order valence-electron chi connectivity index (χ4n) is 5.43. The Morgan fingerprint density at radius 3 is 2.64 bits per heavy atom. The van der Waals surface area contributed by atoms with E-state index >= 15 is 0 Å². The molecule has 2 aliphatic rings. The van der Waals surface area contributed by atoms with Gasteiger partial charge >= 0.3 is 5.91 Å². The van der Waals surface area contributed by atoms with Crippen molar-refractivity contribution in [2.45, 2.75) is 25.5 Å². The summed E-state index contributed by atoms with van der Waals surface area (Å²) in [6, 6.07) is 24.6. The number of halogens is 1. The molecule has 42 heavy (non-hydrogen) atoms. The van der Waals surface area contributed by atoms with Crippen LogP contribution >= 0.6 is 11.3 Å². The van der Waals surface area contributed by atoms with Crippen molar-refractivity contribution < 1.29 is 28.6 Å². The van der Waals surface area contributed by atoms with Crippen LogP contribution in [0.3, 0.4) is 0 Å². The molecule has 208 valence electrons. The van der Waals surface area contributed by atoms with Crippen LogP contribution in [0, 0.1) is 5.82 Å². The van der Waals surface area contributed by atoms with Crippen molar-refractivity contribution in [3.8, 4) is 17.2 Å². The van der Waals surface area contributed by atoms with Gasteiger partial charge in [-0.2, -0.15) is 0 Å². The molecule has 1 aromatic heterocycles. The fraction of sp³-hybridized carbons (Fsp3) is 0.121. The van der Waals surface area contributed by atoms with Crippen molar-refractivity contribution in [2.75, 3.05) is 4.90 Å². The molecule has 1 N–H and O–H groups in total. The number of ketones is 1. The lowest BCUT2D eigenvalue weighted by Crippen LogP contribution is -2.29. The number of fused-ring (bicyclic) bond motifs is 2. The molecule has 1 fully saturated rings. The molecule has 9 heteroatoms. The topological polar surface area (TPSA) is 89.0 Å². The molecule has 2 aliphatic heterocycles. The van der Waals surface area contributed by atoms with Gasteiger partial charge in [-0.3, -0.25) is 14.5 Å². The highest BCUT2D eigenvalue weighted by Gasteiger charge is 2.48. The number of Topliss-reactive ketones (excluding diaryl/α,β-unsaturated/α-hetero) is 1. The summed E-state index contributed by atoms with van der Waals surface area (Å²) in [6.45, 7) is 1.96. The third-order valence-electron chi connectivity index (χ3n) is 7.31. The summed E-state index contributed by atoms with van der Waals surface area (Å²) in [5, 5.41) is 11.8. The molecule has 2 atom stereocenters. The second-order valence-electron chi connectivity index (χ2n) is 10.2. The van der Waals surface area contributed by atoms with E-state index in [0.29, 0.717) is 39.3 Å². The number of rotatable bonds is 5. The van der Waals surface area contributed by atoms with Crippen LogP contribution in [-0.4, -0.2) is 27.9 Å². The number of nitrogens with zero attached hydrogens (tertiary/aromatic N) is 2. The molecule has 0 saturated carbocycles. The summed E-state index contributed by atoms with van der Waals surface area (Å²) < 4.78 is 26.3. The largest absolute Gasteiger partial charge is 0.507 e. The van der Waals surface area contributed by atoms with Gasteiger partial charge in [0.15, 0.2) is 5.13 Å². The van der Waals surface area contributed by atoms with Crippen molar-refractivity contribution >= 4 is 44.1 Å². The first-order chi connectivity index (χ1) is 20.4. The molecule has 1 amide bonds. The number of aromatic nitrogens is 1. The molecular weight excluding hydrogens is 555 g/mol. The minimum absolute atomic E-state index is 0.000738. The fourth-order valence-corrected chi connectivity index (χ4v) is 6.45. The Hall–Kier alpha value is -5.02. The molecule has 0 bridgehead atoms. The molecule has 3 heterocycles. The van der Waals surface area contributed by atoms with E-state index in [9.17, 15) is 19.1 Å². The Bertz CT molecular complexity index is 1920. The maximum Gasteiger partial charge on any atom is 0.301 e. The van der Waals surface area contributed by atoms with Gasteiger partial charge in [0.2, 0.25) is 0 Å². The second-order valence-corrected chi connectivity index (χ2v) is 11.2. The zero-order valence-corrected chi connectivity index (χ0v) is 23.1. The zero-order valence-electron chi connectivity index (χ0n) is 22.3. The molecule has 7 nitrogen and oxygen atoms in total. The average molecular weight is 579 g/mol. The molecule has 5 aromatic rings. The Balaban J connectivity index is 1.38. The van der Waals surface area contributed by atoms with Crippen molar-refractivity contribution in [3.63, 3.8) is 0 Å². The number of anilines is 1. The van der Waals surface area contributed by atoms with Gasteiger partial charge in [-0.25, -0.2) is 9.37 Å². The van der Waals surface area contributed by atoms with Gasteiger partial charge in [0, 0.05) is 12.0 Å². The van der Waals surface area contributed by atoms with Crippen molar-refractivity contribution in [2.24, 2.45) is 0 Å². The van der Waals surface area contributed by atoms with Crippen LogP contribution in [0.25, 0.3) is 16.0 Å². The number of carbonyl (C=O) groups is 2. The smallest absolute Gasteiger partial charge is 0.301 e. The number of benzene rings is 4. The average Bonchev–Trinajstić information content (AvgIpc) is 3.65. The Morgan fingerprint density at radius 2 is 1.81 bits per heavy atom. The lowest BCUT2D eigenvalue weighted by atomic mass is 9.94. The number of carbonyl (C=O) groups excluding carboxylic acids is 2. The number of ether oxygens (including phenoxy) is 2. The van der Waals surface area contributed by atoms with Crippen LogP contribution in [0.5, 0.6) is 17.2 Å². The second kappa shape index (κ2) is 10.1. The minimum atomic E-state index is -1.02. The molecule has 4 aromatic carbocycles. The number of hydrogen-bond acceptors (Lipinski definition) is 7. The van der Waals surface area contributed by atoms with Gasteiger partial charge in [0.1, 0.15) is 34.9 Å². The summed E-state index contributed by atoms with van der Waals surface area (Å²) in [5.41, 5.74) is 2.26. The number of thiazole rings is 1. The van der Waals surface area contributed by atoms with Gasteiger partial charge in [-0.15, -0.1) is 0 Å². The van der Waals surface area contributed by atoms with E-state index in [1.54, 1.807) is 42.5 Å². The van der Waals surface area contributed by atoms with Crippen LogP contribution in [0.1, 0.15) is 29.7 Å². The Morgan fingerprint density at radius 1 is 1.00 bits per heavy atom. The first-order valence-electron chi connectivity index (χ1n) is 13.4. The predicted octanol–water partition coefficient (Wildman–Crippen LogP) is 7.18. The third-order valence-corrected chi connectivity index (χ3v) is 8.33. The van der Waals surface area contributed by atoms with Crippen molar-refractivity contribution in [3.05, 3.63) is 119 Å². The van der Waals surface area contributed by atoms with Crippen LogP contribution in [0.4, 0.5) is 9.52 Å². The van der Waals surface area contributed by atoms with Gasteiger partial charge < -0.3 is 14.6 Å². The zero-order chi connectivity index (χ0) is 29.0. The highest BCUT2D eigenvalue weighted by Crippen LogP contribution is 2.45. The Kier molecular flexibility index (Phi) is 6.24. The summed E-state index contributed by atoms with van der Waals surface area (Å²) in [6.07, 6.45) is 0.661. The van der Waals surface area contributed by atoms with E-state index in [4.69, 9.17) is 9.47 Å². The van der Waals surface area contributed by atoms with E-state index in [2.05, 4.69) is 4.98 Å². The molecule has 0 aliphatic carbocycles. The predicted molar refractivity (Wildman–Crippen MR) is 158 cm³/mol. The van der Waals surface area contributed by atoms with E-state index < -0.39 is 23.5 Å². The Labute approximate surface area is 244 Å². The van der Waals surface area contributed by atoms with Crippen LogP contribution in [-0.2, 0) is 16.0 Å². The van der Waals surface area contributed by atoms with Gasteiger partial charge in [-0.05, 0) is 78.7 Å². The molecule has 0 radical (unpaired) electrons. The molecule has 0 spiro atoms. The van der Waals surface area contributed by atoms with Crippen LogP contribution < -0.4 is 14.4 Å². The van der Waals surface area contributed by atoms with E-state index in [1.807, 2.05) is 37.3 Å². The number of aliphatic hydroxyl groups is 1. The van der Waals surface area contributed by atoms with Crippen molar-refractivity contribution in [1.29, 1.82) is 0 Å². The lowest BCUT2D eigenvalue weighted by molar-refractivity contribution is -0.132. The number of amides is 1. The highest BCUT2D eigenvalue weighted by molar-refractivity contribution is 7.22. The molecule has 0 unspecified atom stereocenters. The summed E-state index contributed by atoms with van der Waals surface area (Å²) in [5.74, 6) is -0.591. The summed E-state index contributed by atoms with van der Waals surface area (Å²) in [4.78, 5) is 33.2. The molecule has 7 rings (SSSR count). The van der Waals surface area contributed by atoms with Crippen LogP contribution in [0.15, 0.2) is 96.6 Å². The number of hydrogen-bond donors (Lipinski definition) is 1. The highest BCUT2D eigenvalue weighted by atomic mass is 32.1. The first kappa shape index (κ1) is 25.9. The van der Waals surface area contributed by atoms with Gasteiger partial charge in [-0.1, -0.05) is 41.7 Å². The van der Waals surface area contributed by atoms with Gasteiger partial charge in [0.05, 0.1) is 21.8 Å². The quantitative estimate of drug-likeness (QED) is 0.135. The summed E-state index contributed by atoms with van der Waals surface area (Å²) in [7, 11) is 0. The normalized spacial score (nSPS) is 19.2. The van der Waals surface area contributed by atoms with E-state index in [0.717, 1.165) is 22.6 Å². The van der Waals surface area contributed by atoms with Crippen LogP contribution in [0.2, 0.25) is 0 Å². The SMILES string of the molecule is C[C@H]1Cc2cc(C(O)=C3C(=O)C(=O)N(c4nc5ccc(F)cc5s4)[C@@H]3c3cccc(Oc4ccccc4)c3)ccc2O1. The number of aliphatic hydroxyl groups excluding tert-OH is 1. The third kappa shape index (κ3) is 4.48. The minimum Gasteiger partial charge on any atom is -0.507 e. The number of para-hydroxylation sites is 1. The maximum atomic E-state index is 14.0. The first-order valence-corrected chi connectivity index (χ1v) is 14.2. The van der Waals surface area contributed by atoms with Crippen molar-refractivity contribution in [1.82, 2.24) is 4.98 Å². The van der Waals surface area contributed by atoms with Gasteiger partial charge in [0.25, 0.3) is 5.78 Å². The standard InChI is InChI=1S/C33H23FN2O5S/c1-18-14-21-15-20(10-13-26(21)40-18)30(37)28-29(19-6-5-9-24(16-19)41-23-7-3-2-4-8-23)36(32(39)31(28)38)33-35-25-12-11-22(34)17-27(25)42-33/h2-13,15-18,29,37H,14H2,1H3/t18-,29+/m0/s1. The maximum absolute atomic E-state index is 14.0. The monoisotopic (exact) mass is 578 g/mol. The van der Waals surface area contributed by atoms with E-state index in [1.165, 1.54) is 23.1 Å².